The molecule has 1 amide bonds. The Morgan fingerprint density at radius 2 is 1.46 bits per heavy atom. The molecular weight excluding hydrogens is 482 g/mol. The van der Waals surface area contributed by atoms with Crippen LogP contribution in [0.1, 0.15) is 24.2 Å². The third-order valence-electron chi connectivity index (χ3n) is 5.44. The lowest BCUT2D eigenvalue weighted by Gasteiger charge is -2.25. The van der Waals surface area contributed by atoms with Gasteiger partial charge in [0.05, 0.1) is 7.11 Å². The molecule has 7 heteroatoms. The minimum atomic E-state index is -1.21. The summed E-state index contributed by atoms with van der Waals surface area (Å²) >= 11 is 7.19. The van der Waals surface area contributed by atoms with Crippen LogP contribution < -0.4 is 10.1 Å². The van der Waals surface area contributed by atoms with Gasteiger partial charge in [-0.15, -0.1) is 11.3 Å². The van der Waals surface area contributed by atoms with Gasteiger partial charge in [-0.1, -0.05) is 66.2 Å². The number of ether oxygens (including phenoxy) is 2. The molecule has 4 rings (SSSR count). The third kappa shape index (κ3) is 5.56. The van der Waals surface area contributed by atoms with Crippen LogP contribution in [-0.2, 0) is 9.53 Å². The molecule has 0 spiro atoms. The predicted octanol–water partition coefficient (Wildman–Crippen LogP) is 7.32. The lowest BCUT2D eigenvalue weighted by Crippen LogP contribution is -2.42. The molecule has 5 nitrogen and oxygen atoms in total. The van der Waals surface area contributed by atoms with Gasteiger partial charge in [-0.05, 0) is 54.8 Å². The van der Waals surface area contributed by atoms with E-state index in [-0.39, 0.29) is 0 Å². The SMILES string of the molecule is COC(=O)c1c(-c2ccc(-c3ccccc3)cc2)csc1NC(=O)C(C)(C)Oc1ccc(Cl)cc1. The minimum absolute atomic E-state index is 0.306. The fourth-order valence-corrected chi connectivity index (χ4v) is 4.62. The highest BCUT2D eigenvalue weighted by molar-refractivity contribution is 7.15. The lowest BCUT2D eigenvalue weighted by atomic mass is 9.99. The van der Waals surface area contributed by atoms with Crippen molar-refractivity contribution in [3.05, 3.63) is 94.8 Å². The van der Waals surface area contributed by atoms with Crippen LogP contribution in [0.2, 0.25) is 5.02 Å². The van der Waals surface area contributed by atoms with Crippen molar-refractivity contribution in [3.63, 3.8) is 0 Å². The number of halogens is 1. The molecule has 1 aromatic heterocycles. The Labute approximate surface area is 213 Å². The number of rotatable bonds is 7. The van der Waals surface area contributed by atoms with E-state index in [0.717, 1.165) is 16.7 Å². The van der Waals surface area contributed by atoms with E-state index in [2.05, 4.69) is 5.32 Å². The van der Waals surface area contributed by atoms with E-state index >= 15 is 0 Å². The van der Waals surface area contributed by atoms with Crippen molar-refractivity contribution in [1.29, 1.82) is 0 Å². The minimum Gasteiger partial charge on any atom is -0.478 e. The van der Waals surface area contributed by atoms with E-state index in [1.807, 2.05) is 60.0 Å². The summed E-state index contributed by atoms with van der Waals surface area (Å²) in [4.78, 5) is 25.8. The van der Waals surface area contributed by atoms with Crippen LogP contribution in [0.5, 0.6) is 5.75 Å². The number of anilines is 1. The fourth-order valence-electron chi connectivity index (χ4n) is 3.54. The predicted molar refractivity (Wildman–Crippen MR) is 141 cm³/mol. The first kappa shape index (κ1) is 24.5. The van der Waals surface area contributed by atoms with Crippen LogP contribution in [0, 0.1) is 0 Å². The Morgan fingerprint density at radius 3 is 2.09 bits per heavy atom. The van der Waals surface area contributed by atoms with Gasteiger partial charge in [0, 0.05) is 16.0 Å². The number of hydrogen-bond acceptors (Lipinski definition) is 5. The largest absolute Gasteiger partial charge is 0.478 e. The summed E-state index contributed by atoms with van der Waals surface area (Å²) in [6.45, 7) is 3.32. The van der Waals surface area contributed by atoms with Crippen molar-refractivity contribution >= 4 is 39.8 Å². The van der Waals surface area contributed by atoms with Gasteiger partial charge >= 0.3 is 5.97 Å². The third-order valence-corrected chi connectivity index (χ3v) is 6.59. The van der Waals surface area contributed by atoms with E-state index in [4.69, 9.17) is 21.1 Å². The topological polar surface area (TPSA) is 64.6 Å². The normalized spacial score (nSPS) is 11.1. The smallest absolute Gasteiger partial charge is 0.341 e. The van der Waals surface area contributed by atoms with Crippen LogP contribution in [-0.4, -0.2) is 24.6 Å². The van der Waals surface area contributed by atoms with Crippen LogP contribution >= 0.6 is 22.9 Å². The molecule has 1 N–H and O–H groups in total. The maximum Gasteiger partial charge on any atom is 0.341 e. The average molecular weight is 506 g/mol. The highest BCUT2D eigenvalue weighted by Gasteiger charge is 2.32. The quantitative estimate of drug-likeness (QED) is 0.267. The molecule has 4 aromatic rings. The number of amides is 1. The zero-order valence-corrected chi connectivity index (χ0v) is 21.1. The Morgan fingerprint density at radius 1 is 0.857 bits per heavy atom. The molecule has 0 unspecified atom stereocenters. The van der Waals surface area contributed by atoms with Crippen molar-refractivity contribution in [3.8, 4) is 28.0 Å². The Balaban J connectivity index is 1.59. The van der Waals surface area contributed by atoms with E-state index in [0.29, 0.717) is 26.9 Å². The fraction of sp³-hybridized carbons (Fsp3) is 0.143. The summed E-state index contributed by atoms with van der Waals surface area (Å²) in [6, 6.07) is 24.7. The standard InChI is InChI=1S/C28H24ClNO4S/c1-28(2,34-22-15-13-21(29)14-16-22)27(32)30-25-24(26(31)33-3)23(17-35-25)20-11-9-19(10-12-20)18-7-5-4-6-8-18/h4-17H,1-3H3,(H,30,32). The summed E-state index contributed by atoms with van der Waals surface area (Å²) in [6.07, 6.45) is 0. The maximum absolute atomic E-state index is 13.1. The molecule has 0 atom stereocenters. The molecule has 1 heterocycles. The number of thiophene rings is 1. The number of methoxy groups -OCH3 is 1. The maximum atomic E-state index is 13.1. The van der Waals surface area contributed by atoms with E-state index in [1.165, 1.54) is 18.4 Å². The summed E-state index contributed by atoms with van der Waals surface area (Å²) in [5.74, 6) is -0.418. The van der Waals surface area contributed by atoms with Crippen molar-refractivity contribution in [2.24, 2.45) is 0 Å². The van der Waals surface area contributed by atoms with Gasteiger partial charge in [0.25, 0.3) is 5.91 Å². The first-order valence-corrected chi connectivity index (χ1v) is 12.2. The van der Waals surface area contributed by atoms with E-state index in [1.54, 1.807) is 38.1 Å². The number of esters is 1. The Bertz CT molecular complexity index is 1330. The second-order valence-corrected chi connectivity index (χ2v) is 9.62. The Hall–Kier alpha value is -3.61. The van der Waals surface area contributed by atoms with Gasteiger partial charge in [-0.2, -0.15) is 0 Å². The molecule has 0 aliphatic carbocycles. The summed E-state index contributed by atoms with van der Waals surface area (Å²) in [7, 11) is 1.32. The van der Waals surface area contributed by atoms with E-state index in [9.17, 15) is 9.59 Å². The molecule has 0 aliphatic rings. The molecule has 0 saturated carbocycles. The van der Waals surface area contributed by atoms with Gasteiger partial charge in [-0.25, -0.2) is 4.79 Å². The van der Waals surface area contributed by atoms with Gasteiger partial charge in [0.2, 0.25) is 0 Å². The average Bonchev–Trinajstić information content (AvgIpc) is 3.29. The zero-order chi connectivity index (χ0) is 25.0. The number of carbonyl (C=O) groups excluding carboxylic acids is 2. The first-order valence-electron chi connectivity index (χ1n) is 10.9. The van der Waals surface area contributed by atoms with Gasteiger partial charge in [-0.3, -0.25) is 4.79 Å². The molecule has 3 aromatic carbocycles. The summed E-state index contributed by atoms with van der Waals surface area (Å²) < 4.78 is 10.9. The van der Waals surface area contributed by atoms with Gasteiger partial charge in [0.1, 0.15) is 16.3 Å². The zero-order valence-electron chi connectivity index (χ0n) is 19.5. The molecule has 0 aliphatic heterocycles. The van der Waals surface area contributed by atoms with Gasteiger partial charge < -0.3 is 14.8 Å². The molecule has 35 heavy (non-hydrogen) atoms. The molecule has 0 bridgehead atoms. The first-order chi connectivity index (χ1) is 16.8. The molecular formula is C28H24ClNO4S. The van der Waals surface area contributed by atoms with Crippen molar-refractivity contribution < 1.29 is 19.1 Å². The van der Waals surface area contributed by atoms with Crippen LogP contribution in [0.3, 0.4) is 0 Å². The Kier molecular flexibility index (Phi) is 7.24. The number of hydrogen-bond donors (Lipinski definition) is 1. The van der Waals surface area contributed by atoms with Crippen molar-refractivity contribution in [2.45, 2.75) is 19.4 Å². The number of benzene rings is 3. The number of carbonyl (C=O) groups is 2. The molecule has 0 fully saturated rings. The summed E-state index contributed by atoms with van der Waals surface area (Å²) in [5.41, 5.74) is 2.81. The monoisotopic (exact) mass is 505 g/mol. The summed E-state index contributed by atoms with van der Waals surface area (Å²) in [5, 5.41) is 5.67. The highest BCUT2D eigenvalue weighted by Crippen LogP contribution is 2.37. The van der Waals surface area contributed by atoms with Crippen LogP contribution in [0.25, 0.3) is 22.3 Å². The van der Waals surface area contributed by atoms with Crippen molar-refractivity contribution in [1.82, 2.24) is 0 Å². The molecule has 178 valence electrons. The lowest BCUT2D eigenvalue weighted by molar-refractivity contribution is -0.128. The van der Waals surface area contributed by atoms with Crippen LogP contribution in [0.15, 0.2) is 84.2 Å². The van der Waals surface area contributed by atoms with Crippen molar-refractivity contribution in [2.75, 3.05) is 12.4 Å². The van der Waals surface area contributed by atoms with Crippen LogP contribution in [0.4, 0.5) is 5.00 Å². The second-order valence-electron chi connectivity index (χ2n) is 8.31. The molecule has 0 radical (unpaired) electrons. The second kappa shape index (κ2) is 10.3. The molecule has 0 saturated heterocycles. The van der Waals surface area contributed by atoms with E-state index < -0.39 is 17.5 Å². The number of nitrogens with one attached hydrogen (secondary N) is 1. The highest BCUT2D eigenvalue weighted by atomic mass is 35.5. The van der Waals surface area contributed by atoms with Gasteiger partial charge in [0.15, 0.2) is 5.60 Å².